The van der Waals surface area contributed by atoms with Crippen molar-refractivity contribution in [3.05, 3.63) is 126 Å². The fourth-order valence-corrected chi connectivity index (χ4v) is 3.41. The average Bonchev–Trinajstić information content (AvgIpc) is 2.84. The maximum Gasteiger partial charge on any atom is 0.166 e. The molecule has 0 unspecified atom stereocenters. The predicted octanol–water partition coefficient (Wildman–Crippen LogP) is 8.43. The molecule has 1 saturated carbocycles. The van der Waals surface area contributed by atoms with Crippen molar-refractivity contribution in [1.82, 2.24) is 0 Å². The molecule has 0 saturated heterocycles. The summed E-state index contributed by atoms with van der Waals surface area (Å²) in [7, 11) is 1.38. The van der Waals surface area contributed by atoms with E-state index in [1.165, 1.54) is 31.4 Å². The molecular weight excluding hydrogens is 449 g/mol. The molecule has 0 aromatic heterocycles. The number of ether oxygens (including phenoxy) is 1. The largest absolute Gasteiger partial charge is 0.497 e. The molecular formula is C30H35F3O2. The van der Waals surface area contributed by atoms with Crippen LogP contribution in [0.5, 0.6) is 0 Å². The highest BCUT2D eigenvalue weighted by atomic mass is 19.2. The Bertz CT molecular complexity index is 1040. The maximum absolute atomic E-state index is 14.6. The van der Waals surface area contributed by atoms with Crippen LogP contribution in [-0.2, 0) is 4.74 Å². The van der Waals surface area contributed by atoms with Crippen LogP contribution in [-0.4, -0.2) is 18.3 Å². The Balaban J connectivity index is 0.00000194. The third-order valence-electron chi connectivity index (χ3n) is 5.48. The third kappa shape index (κ3) is 9.45. The van der Waals surface area contributed by atoms with E-state index >= 15 is 0 Å². The summed E-state index contributed by atoms with van der Waals surface area (Å²) in [4.78, 5) is 0. The molecule has 0 bridgehead atoms. The van der Waals surface area contributed by atoms with Gasteiger partial charge in [-0.25, -0.2) is 13.2 Å². The van der Waals surface area contributed by atoms with Crippen LogP contribution in [0.1, 0.15) is 49.7 Å². The lowest BCUT2D eigenvalue weighted by molar-refractivity contribution is 0.122. The smallest absolute Gasteiger partial charge is 0.166 e. The van der Waals surface area contributed by atoms with Crippen LogP contribution in [0.15, 0.2) is 104 Å². The van der Waals surface area contributed by atoms with E-state index in [1.807, 2.05) is 6.92 Å². The number of rotatable bonds is 9. The van der Waals surface area contributed by atoms with Gasteiger partial charge in [0.15, 0.2) is 11.6 Å². The number of benzene rings is 1. The van der Waals surface area contributed by atoms with Crippen molar-refractivity contribution in [2.24, 2.45) is 0 Å². The number of aliphatic hydroxyl groups is 1. The second-order valence-electron chi connectivity index (χ2n) is 8.19. The van der Waals surface area contributed by atoms with E-state index in [9.17, 15) is 18.3 Å². The maximum atomic E-state index is 14.6. The summed E-state index contributed by atoms with van der Waals surface area (Å²) in [6, 6.07) is 3.14. The molecule has 1 aromatic rings. The Morgan fingerprint density at radius 3 is 2.17 bits per heavy atom. The molecule has 5 heteroatoms. The molecule has 0 amide bonds. The number of methoxy groups -OCH3 is 1. The normalized spacial score (nSPS) is 18.1. The standard InChI is InChI=1S/C27H29F3O2.C3H6/c1-17(6-8-18(2)20(4)25(28)16-19(3)32-5)7-9-22-12-15-24(27(30)26(22)29)21-10-13-23(31)14-11-21;1-3-2/h6-9,12,15-16,21,23,31H,1-4,10-11,13-14H2,5H3;3H,1H2,2H3/b8-6-,9-7+,25-16+;. The number of halogens is 3. The molecule has 1 fully saturated rings. The highest BCUT2D eigenvalue weighted by Gasteiger charge is 2.25. The summed E-state index contributed by atoms with van der Waals surface area (Å²) in [5.74, 6) is -2.32. The van der Waals surface area contributed by atoms with Gasteiger partial charge in [0, 0.05) is 17.2 Å². The Kier molecular flexibility index (Phi) is 12.6. The number of hydrogen-bond acceptors (Lipinski definition) is 2. The third-order valence-corrected chi connectivity index (χ3v) is 5.48. The molecule has 1 aromatic carbocycles. The van der Waals surface area contributed by atoms with Gasteiger partial charge in [0.25, 0.3) is 0 Å². The van der Waals surface area contributed by atoms with Gasteiger partial charge in [-0.2, -0.15) is 0 Å². The Morgan fingerprint density at radius 2 is 1.60 bits per heavy atom. The summed E-state index contributed by atoms with van der Waals surface area (Å²) >= 11 is 0. The molecule has 1 aliphatic carbocycles. The highest BCUT2D eigenvalue weighted by Crippen LogP contribution is 2.35. The Morgan fingerprint density at radius 1 is 1.00 bits per heavy atom. The fourth-order valence-electron chi connectivity index (χ4n) is 3.41. The van der Waals surface area contributed by atoms with Crippen LogP contribution in [0.25, 0.3) is 6.08 Å². The first-order valence-corrected chi connectivity index (χ1v) is 11.3. The lowest BCUT2D eigenvalue weighted by Gasteiger charge is -2.26. The van der Waals surface area contributed by atoms with Gasteiger partial charge in [0.1, 0.15) is 11.6 Å². The van der Waals surface area contributed by atoms with Crippen LogP contribution >= 0.6 is 0 Å². The van der Waals surface area contributed by atoms with E-state index in [1.54, 1.807) is 18.2 Å². The van der Waals surface area contributed by atoms with Crippen LogP contribution in [0, 0.1) is 11.6 Å². The summed E-state index contributed by atoms with van der Waals surface area (Å²) < 4.78 is 48.0. The zero-order valence-corrected chi connectivity index (χ0v) is 20.6. The zero-order chi connectivity index (χ0) is 26.5. The second kappa shape index (κ2) is 14.8. The van der Waals surface area contributed by atoms with E-state index in [2.05, 4.69) is 32.9 Å². The molecule has 0 aliphatic heterocycles. The SMILES string of the molecule is C=C(/C=C\C(=C)C(=C)/C(F)=C\C(=C)OC)/C=C/c1ccc(C2CCC(O)CC2)c(F)c1F.C=CC. The van der Waals surface area contributed by atoms with E-state index in [0.717, 1.165) is 6.08 Å². The van der Waals surface area contributed by atoms with Gasteiger partial charge in [-0.15, -0.1) is 6.58 Å². The van der Waals surface area contributed by atoms with E-state index in [0.29, 0.717) is 42.4 Å². The quantitative estimate of drug-likeness (QED) is 0.216. The van der Waals surface area contributed by atoms with Crippen LogP contribution in [0.4, 0.5) is 13.2 Å². The molecule has 2 nitrogen and oxygen atoms in total. The highest BCUT2D eigenvalue weighted by molar-refractivity contribution is 5.57. The minimum absolute atomic E-state index is 0.0650. The van der Waals surface area contributed by atoms with Crippen molar-refractivity contribution in [3.8, 4) is 0 Å². The van der Waals surface area contributed by atoms with Crippen LogP contribution in [0.3, 0.4) is 0 Å². The van der Waals surface area contributed by atoms with Crippen molar-refractivity contribution in [1.29, 1.82) is 0 Å². The minimum atomic E-state index is -0.912. The van der Waals surface area contributed by atoms with Gasteiger partial charge < -0.3 is 9.84 Å². The summed E-state index contributed by atoms with van der Waals surface area (Å²) in [6.07, 6.45) is 11.0. The average molecular weight is 485 g/mol. The first-order valence-electron chi connectivity index (χ1n) is 11.3. The fraction of sp³-hybridized carbons (Fsp3) is 0.267. The molecule has 188 valence electrons. The molecule has 0 spiro atoms. The van der Waals surface area contributed by atoms with Crippen molar-refractivity contribution in [2.45, 2.75) is 44.6 Å². The minimum Gasteiger partial charge on any atom is -0.497 e. The lowest BCUT2D eigenvalue weighted by Crippen LogP contribution is -2.18. The van der Waals surface area contributed by atoms with Gasteiger partial charge in [-0.05, 0) is 55.2 Å². The molecule has 0 heterocycles. The van der Waals surface area contributed by atoms with Crippen LogP contribution in [0.2, 0.25) is 0 Å². The van der Waals surface area contributed by atoms with E-state index < -0.39 is 17.5 Å². The van der Waals surface area contributed by atoms with E-state index in [-0.39, 0.29) is 28.9 Å². The molecule has 2 rings (SSSR count). The van der Waals surface area contributed by atoms with Gasteiger partial charge >= 0.3 is 0 Å². The van der Waals surface area contributed by atoms with Gasteiger partial charge in [-0.3, -0.25) is 0 Å². The van der Waals surface area contributed by atoms with Gasteiger partial charge in [0.2, 0.25) is 0 Å². The number of hydrogen-bond donors (Lipinski definition) is 1. The lowest BCUT2D eigenvalue weighted by atomic mass is 9.82. The van der Waals surface area contributed by atoms with E-state index in [4.69, 9.17) is 4.74 Å². The summed E-state index contributed by atoms with van der Waals surface area (Å²) in [5, 5.41) is 9.61. The van der Waals surface area contributed by atoms with Crippen molar-refractivity contribution < 1.29 is 23.0 Å². The van der Waals surface area contributed by atoms with Crippen molar-refractivity contribution >= 4 is 6.08 Å². The molecule has 1 aliphatic rings. The Hall–Kier alpha value is -3.31. The zero-order valence-electron chi connectivity index (χ0n) is 20.6. The van der Waals surface area contributed by atoms with Crippen molar-refractivity contribution in [2.75, 3.05) is 7.11 Å². The van der Waals surface area contributed by atoms with Gasteiger partial charge in [0.05, 0.1) is 13.2 Å². The topological polar surface area (TPSA) is 29.5 Å². The molecule has 1 N–H and O–H groups in total. The summed E-state index contributed by atoms with van der Waals surface area (Å²) in [6.45, 7) is 20.0. The van der Waals surface area contributed by atoms with Crippen LogP contribution < -0.4 is 0 Å². The second-order valence-corrected chi connectivity index (χ2v) is 8.19. The number of allylic oxidation sites excluding steroid dienone is 9. The molecule has 0 atom stereocenters. The first kappa shape index (κ1) is 29.7. The molecule has 35 heavy (non-hydrogen) atoms. The van der Waals surface area contributed by atoms with Gasteiger partial charge in [-0.1, -0.05) is 68.8 Å². The molecule has 0 radical (unpaired) electrons. The summed E-state index contributed by atoms with van der Waals surface area (Å²) in [5.41, 5.74) is 1.32. The van der Waals surface area contributed by atoms with Crippen molar-refractivity contribution in [3.63, 3.8) is 0 Å². The predicted molar refractivity (Wildman–Crippen MR) is 140 cm³/mol. The monoisotopic (exact) mass is 484 g/mol. The number of aliphatic hydroxyl groups excluding tert-OH is 1. The Labute approximate surface area is 207 Å². The first-order chi connectivity index (χ1) is 16.5.